The Kier molecular flexibility index (Phi) is 14.8. The molecule has 0 bridgehead atoms. The third kappa shape index (κ3) is 10.1. The fourth-order valence-corrected chi connectivity index (χ4v) is 22.9. The molecule has 31 rings (SSSR count). The van der Waals surface area contributed by atoms with Crippen molar-refractivity contribution in [2.24, 2.45) is 0 Å². The molecule has 0 N–H and O–H groups in total. The quantitative estimate of drug-likeness (QED) is 0.167. The standard InChI is InChI=1S/C44H25NO.2C40H23NO/c1-2-12-28-27(11-1)34-16-9-17-35-30(20-21-36(28)44(34)35)29-22-23-40(31-13-4-3-10-26(29)31)45-39-18-7-5-14-32(39)37-24-38-33-15-6-8-19-42(33)46-43(38)25-41(37)45;1-2-12-28-27(11-1)32-16-8-15-31-26(19-20-33(28)40(31)32)24-9-7-10-25(21-24)41-36-17-5-3-13-29(36)34-22-35-30-14-4-6-18-38(30)42-39(35)23-37(34)41;1-2-9-28-27(8-1)32-13-7-12-31-26(20-21-33(28)40(31)32)24-16-18-25(19-17-24)41-36-14-5-3-10-29(36)34-22-35-30-11-4-6-15-38(30)42-39(35)23-37(34)41/h1-25H;2*1-23H. The van der Waals surface area contributed by atoms with Gasteiger partial charge in [0.25, 0.3) is 0 Å². The number of aromatic nitrogens is 3. The van der Waals surface area contributed by atoms with Crippen LogP contribution in [0.1, 0.15) is 0 Å². The molecule has 0 spiro atoms. The Morgan fingerprint density at radius 3 is 0.877 bits per heavy atom. The average Bonchev–Trinajstić information content (AvgIpc) is 1.56. The molecule has 600 valence electrons. The number of benzene rings is 22. The van der Waals surface area contributed by atoms with Gasteiger partial charge < -0.3 is 27.0 Å². The Labute approximate surface area is 744 Å². The summed E-state index contributed by atoms with van der Waals surface area (Å²) in [6.45, 7) is 0. The normalized spacial score (nSPS) is 12.3. The molecule has 3 aliphatic rings. The fourth-order valence-electron chi connectivity index (χ4n) is 22.9. The SMILES string of the molecule is c1cc(-c2ccc3c4c(cccc24)-c2ccccc2-3)cc(-n2c3ccccc3c3cc4c(cc32)oc2ccccc24)c1.c1ccc2c(c1)-c1cccc3c(-c4ccc(-n5c6ccccc6c6cc7c(cc65)oc5ccccc57)c5ccccc45)ccc-2c13.c1ccc2c(c1)-c1cccc3c(-c4ccc(-n5c6ccccc6c6cc7c(cc65)oc5ccccc57)cc4)ccc-2c13. The van der Waals surface area contributed by atoms with E-state index in [0.29, 0.717) is 0 Å². The molecular formula is C124H71N3O3. The van der Waals surface area contributed by atoms with E-state index in [1.807, 2.05) is 30.3 Å². The molecule has 22 aromatic carbocycles. The van der Waals surface area contributed by atoms with E-state index in [4.69, 9.17) is 13.3 Å². The second kappa shape index (κ2) is 27.1. The summed E-state index contributed by atoms with van der Waals surface area (Å²) in [5.41, 5.74) is 39.4. The van der Waals surface area contributed by atoms with Gasteiger partial charge in [0.1, 0.15) is 33.5 Å². The first-order valence-corrected chi connectivity index (χ1v) is 44.7. The molecule has 0 unspecified atom stereocenters. The first-order valence-electron chi connectivity index (χ1n) is 44.7. The highest BCUT2D eigenvalue weighted by Gasteiger charge is 2.29. The van der Waals surface area contributed by atoms with E-state index >= 15 is 0 Å². The maximum atomic E-state index is 6.39. The lowest BCUT2D eigenvalue weighted by Crippen LogP contribution is -1.96. The van der Waals surface area contributed by atoms with Crippen LogP contribution in [-0.2, 0) is 0 Å². The van der Waals surface area contributed by atoms with Crippen molar-refractivity contribution in [3.63, 3.8) is 0 Å². The Balaban J connectivity index is 0.0000000962. The molecule has 6 nitrogen and oxygen atoms in total. The summed E-state index contributed by atoms with van der Waals surface area (Å²) < 4.78 is 26.2. The van der Waals surface area contributed by atoms with Gasteiger partial charge in [-0.25, -0.2) is 0 Å². The predicted octanol–water partition coefficient (Wildman–Crippen LogP) is 34.6. The van der Waals surface area contributed by atoms with Gasteiger partial charge in [-0.05, 0) is 223 Å². The Bertz CT molecular complexity index is 9750. The number of hydrogen-bond donors (Lipinski definition) is 0. The van der Waals surface area contributed by atoms with Crippen LogP contribution < -0.4 is 0 Å². The van der Waals surface area contributed by atoms with Gasteiger partial charge in [0.05, 0.1) is 38.8 Å². The van der Waals surface area contributed by atoms with Crippen LogP contribution in [0, 0.1) is 0 Å². The highest BCUT2D eigenvalue weighted by Crippen LogP contribution is 2.55. The number of hydrogen-bond acceptors (Lipinski definition) is 3. The van der Waals surface area contributed by atoms with Crippen molar-refractivity contribution in [2.75, 3.05) is 0 Å². The maximum Gasteiger partial charge on any atom is 0.137 e. The molecule has 0 saturated heterocycles. The monoisotopic (exact) mass is 1650 g/mol. The molecule has 0 amide bonds. The zero-order chi connectivity index (χ0) is 84.7. The van der Waals surface area contributed by atoms with Crippen LogP contribution in [-0.4, -0.2) is 13.7 Å². The van der Waals surface area contributed by atoms with Gasteiger partial charge in [0.2, 0.25) is 0 Å². The number of rotatable bonds is 6. The van der Waals surface area contributed by atoms with Crippen molar-refractivity contribution in [3.8, 4) is 117 Å². The van der Waals surface area contributed by atoms with Crippen LogP contribution >= 0.6 is 0 Å². The molecule has 0 atom stereocenters. The van der Waals surface area contributed by atoms with Crippen LogP contribution in [0.4, 0.5) is 0 Å². The molecule has 6 heteroatoms. The lowest BCUT2D eigenvalue weighted by Gasteiger charge is -2.16. The summed E-state index contributed by atoms with van der Waals surface area (Å²) in [5, 5.41) is 24.8. The number of fused-ring (bicyclic) bond motifs is 28. The third-order valence-corrected chi connectivity index (χ3v) is 28.4. The largest absolute Gasteiger partial charge is 0.456 e. The summed E-state index contributed by atoms with van der Waals surface area (Å²) in [4.78, 5) is 0. The predicted molar refractivity (Wildman–Crippen MR) is 544 cm³/mol. The van der Waals surface area contributed by atoms with Crippen molar-refractivity contribution in [2.45, 2.75) is 0 Å². The van der Waals surface area contributed by atoms with Gasteiger partial charge in [-0.3, -0.25) is 0 Å². The topological polar surface area (TPSA) is 54.2 Å². The second-order valence-corrected chi connectivity index (χ2v) is 35.0. The number of nitrogens with zero attached hydrogens (tertiary/aromatic N) is 3. The van der Waals surface area contributed by atoms with E-state index in [1.165, 1.54) is 198 Å². The molecule has 0 radical (unpaired) electrons. The summed E-state index contributed by atoms with van der Waals surface area (Å²) >= 11 is 0. The minimum absolute atomic E-state index is 0.910. The molecule has 130 heavy (non-hydrogen) atoms. The number of furan rings is 3. The van der Waals surface area contributed by atoms with Gasteiger partial charge in [-0.15, -0.1) is 0 Å². The molecule has 0 saturated carbocycles. The summed E-state index contributed by atoms with van der Waals surface area (Å²) in [6, 6.07) is 156. The van der Waals surface area contributed by atoms with Gasteiger partial charge in [0.15, 0.2) is 0 Å². The van der Waals surface area contributed by atoms with E-state index in [0.717, 1.165) is 93.7 Å². The third-order valence-electron chi connectivity index (χ3n) is 28.4. The minimum atomic E-state index is 0.910. The smallest absolute Gasteiger partial charge is 0.137 e. The highest BCUT2D eigenvalue weighted by molar-refractivity contribution is 6.26. The van der Waals surface area contributed by atoms with Crippen LogP contribution in [0.25, 0.3) is 292 Å². The van der Waals surface area contributed by atoms with Gasteiger partial charge >= 0.3 is 0 Å². The summed E-state index contributed by atoms with van der Waals surface area (Å²) in [6.07, 6.45) is 0. The van der Waals surface area contributed by atoms with Gasteiger partial charge in [-0.2, -0.15) is 0 Å². The first kappa shape index (κ1) is 71.0. The lowest BCUT2D eigenvalue weighted by atomic mass is 9.91. The molecule has 28 aromatic rings. The van der Waals surface area contributed by atoms with E-state index in [1.54, 1.807) is 0 Å². The van der Waals surface area contributed by atoms with Crippen LogP contribution in [0.15, 0.2) is 444 Å². The van der Waals surface area contributed by atoms with Crippen molar-refractivity contribution in [1.82, 2.24) is 13.7 Å². The van der Waals surface area contributed by atoms with E-state index in [2.05, 4.69) is 414 Å². The van der Waals surface area contributed by atoms with Crippen LogP contribution in [0.5, 0.6) is 0 Å². The van der Waals surface area contributed by atoms with Gasteiger partial charge in [0, 0.05) is 99.6 Å². The second-order valence-electron chi connectivity index (χ2n) is 35.0. The molecular weight excluding hydrogens is 1580 g/mol. The van der Waals surface area contributed by atoms with Gasteiger partial charge in [-0.1, -0.05) is 328 Å². The van der Waals surface area contributed by atoms with Crippen molar-refractivity contribution < 1.29 is 13.3 Å². The van der Waals surface area contributed by atoms with Crippen LogP contribution in [0.3, 0.4) is 0 Å². The van der Waals surface area contributed by atoms with E-state index in [9.17, 15) is 0 Å². The Morgan fingerprint density at radius 2 is 0.431 bits per heavy atom. The van der Waals surface area contributed by atoms with Crippen molar-refractivity contribution in [3.05, 3.63) is 431 Å². The maximum absolute atomic E-state index is 6.39. The molecule has 6 heterocycles. The van der Waals surface area contributed by atoms with E-state index < -0.39 is 0 Å². The Morgan fingerprint density at radius 1 is 0.131 bits per heavy atom. The molecule has 0 aliphatic heterocycles. The zero-order valence-electron chi connectivity index (χ0n) is 70.1. The zero-order valence-corrected chi connectivity index (χ0v) is 70.1. The average molecular weight is 1650 g/mol. The van der Waals surface area contributed by atoms with Crippen LogP contribution in [0.2, 0.25) is 0 Å². The lowest BCUT2D eigenvalue weighted by molar-refractivity contribution is 0.669. The molecule has 3 aliphatic carbocycles. The minimum Gasteiger partial charge on any atom is -0.456 e. The molecule has 6 aromatic heterocycles. The van der Waals surface area contributed by atoms with Crippen molar-refractivity contribution >= 4 is 174 Å². The van der Waals surface area contributed by atoms with Crippen molar-refractivity contribution in [1.29, 1.82) is 0 Å². The summed E-state index contributed by atoms with van der Waals surface area (Å²) in [5.74, 6) is 0. The Hall–Kier alpha value is -17.3. The first-order chi connectivity index (χ1) is 64.5. The number of para-hydroxylation sites is 6. The fraction of sp³-hybridized carbons (Fsp3) is 0. The van der Waals surface area contributed by atoms with E-state index in [-0.39, 0.29) is 0 Å². The molecule has 0 fully saturated rings. The summed E-state index contributed by atoms with van der Waals surface area (Å²) in [7, 11) is 0. The highest BCUT2D eigenvalue weighted by atomic mass is 16.3.